The Labute approximate surface area is 93.7 Å². The Hall–Kier alpha value is -1.91. The third kappa shape index (κ3) is 3.68. The van der Waals surface area contributed by atoms with Gasteiger partial charge in [-0.05, 0) is 24.6 Å². The number of aromatic hydroxyl groups is 2. The molecule has 1 aromatic rings. The van der Waals surface area contributed by atoms with Crippen molar-refractivity contribution in [2.75, 3.05) is 13.2 Å². The summed E-state index contributed by atoms with van der Waals surface area (Å²) in [7, 11) is 0. The van der Waals surface area contributed by atoms with Gasteiger partial charge in [0.05, 0.1) is 6.61 Å². The topological polar surface area (TPSA) is 78.8 Å². The number of ether oxygens (including phenoxy) is 1. The summed E-state index contributed by atoms with van der Waals surface area (Å²) in [6, 6.07) is 4.50. The first-order chi connectivity index (χ1) is 7.63. The number of hydrogen-bond donors (Lipinski definition) is 3. The smallest absolute Gasteiger partial charge is 0.407 e. The van der Waals surface area contributed by atoms with E-state index in [-0.39, 0.29) is 18.1 Å². The zero-order valence-corrected chi connectivity index (χ0v) is 9.06. The summed E-state index contributed by atoms with van der Waals surface area (Å²) in [4.78, 5) is 10.9. The third-order valence-corrected chi connectivity index (χ3v) is 1.98. The van der Waals surface area contributed by atoms with Gasteiger partial charge in [-0.1, -0.05) is 6.07 Å². The average molecular weight is 225 g/mol. The molecule has 0 fully saturated rings. The number of benzene rings is 1. The number of amides is 1. The van der Waals surface area contributed by atoms with Crippen LogP contribution in [0.2, 0.25) is 0 Å². The number of phenolic OH excluding ortho intramolecular Hbond substituents is 2. The van der Waals surface area contributed by atoms with Gasteiger partial charge in [0.15, 0.2) is 11.5 Å². The minimum atomic E-state index is -0.453. The van der Waals surface area contributed by atoms with E-state index < -0.39 is 6.09 Å². The van der Waals surface area contributed by atoms with Gasteiger partial charge in [-0.3, -0.25) is 0 Å². The van der Waals surface area contributed by atoms with Crippen LogP contribution in [0.3, 0.4) is 0 Å². The maximum absolute atomic E-state index is 10.9. The Balaban J connectivity index is 2.37. The zero-order valence-electron chi connectivity index (χ0n) is 9.06. The second kappa shape index (κ2) is 5.85. The molecule has 0 heterocycles. The molecule has 0 aromatic heterocycles. The molecule has 0 aliphatic carbocycles. The summed E-state index contributed by atoms with van der Waals surface area (Å²) in [5.41, 5.74) is 0.791. The van der Waals surface area contributed by atoms with E-state index in [9.17, 15) is 9.90 Å². The molecule has 5 heteroatoms. The monoisotopic (exact) mass is 225 g/mol. The van der Waals surface area contributed by atoms with Crippen molar-refractivity contribution in [1.82, 2.24) is 5.32 Å². The summed E-state index contributed by atoms with van der Waals surface area (Å²) < 4.78 is 4.86. The van der Waals surface area contributed by atoms with Crippen molar-refractivity contribution in [1.29, 1.82) is 0 Å². The summed E-state index contributed by atoms with van der Waals surface area (Å²) in [5, 5.41) is 20.8. The highest BCUT2D eigenvalue weighted by molar-refractivity contribution is 5.66. The first-order valence-electron chi connectivity index (χ1n) is 5.05. The van der Waals surface area contributed by atoms with E-state index in [0.717, 1.165) is 5.56 Å². The third-order valence-electron chi connectivity index (χ3n) is 1.98. The van der Waals surface area contributed by atoms with Crippen molar-refractivity contribution in [3.8, 4) is 11.5 Å². The highest BCUT2D eigenvalue weighted by atomic mass is 16.5. The lowest BCUT2D eigenvalue weighted by molar-refractivity contribution is 0.148. The fraction of sp³-hybridized carbons (Fsp3) is 0.364. The molecule has 0 unspecified atom stereocenters. The molecule has 3 N–H and O–H groups in total. The highest BCUT2D eigenvalue weighted by Gasteiger charge is 2.02. The van der Waals surface area contributed by atoms with Gasteiger partial charge in [-0.25, -0.2) is 4.79 Å². The van der Waals surface area contributed by atoms with E-state index in [1.54, 1.807) is 13.0 Å². The molecule has 0 aliphatic rings. The second-order valence-electron chi connectivity index (χ2n) is 3.24. The lowest BCUT2D eigenvalue weighted by atomic mass is 10.1. The van der Waals surface area contributed by atoms with Gasteiger partial charge in [0, 0.05) is 13.0 Å². The molecule has 88 valence electrons. The van der Waals surface area contributed by atoms with E-state index in [2.05, 4.69) is 5.32 Å². The van der Waals surface area contributed by atoms with Gasteiger partial charge >= 0.3 is 6.09 Å². The minimum absolute atomic E-state index is 0.159. The summed E-state index contributed by atoms with van der Waals surface area (Å²) >= 11 is 0. The Bertz CT molecular complexity index is 365. The van der Waals surface area contributed by atoms with Crippen molar-refractivity contribution in [2.24, 2.45) is 0 Å². The van der Waals surface area contributed by atoms with E-state index in [1.807, 2.05) is 0 Å². The van der Waals surface area contributed by atoms with Crippen LogP contribution in [-0.2, 0) is 11.2 Å². The molecule has 0 radical (unpaired) electrons. The lowest BCUT2D eigenvalue weighted by Gasteiger charge is -2.06. The number of alkyl carbamates (subject to hydrolysis) is 1. The van der Waals surface area contributed by atoms with Gasteiger partial charge in [-0.15, -0.1) is 0 Å². The first kappa shape index (κ1) is 12.2. The number of phenols is 2. The Morgan fingerprint density at radius 2 is 2.12 bits per heavy atom. The van der Waals surface area contributed by atoms with Crippen LogP contribution in [0.5, 0.6) is 11.5 Å². The number of hydrogen-bond acceptors (Lipinski definition) is 4. The van der Waals surface area contributed by atoms with Crippen LogP contribution >= 0.6 is 0 Å². The number of carbonyl (C=O) groups is 1. The summed E-state index contributed by atoms with van der Waals surface area (Å²) in [6.45, 7) is 2.56. The number of carbonyl (C=O) groups excluding carboxylic acids is 1. The van der Waals surface area contributed by atoms with E-state index in [1.165, 1.54) is 12.1 Å². The summed E-state index contributed by atoms with van der Waals surface area (Å²) in [5.74, 6) is -0.330. The molecular formula is C11H15NO4. The fourth-order valence-corrected chi connectivity index (χ4v) is 1.18. The molecular weight excluding hydrogens is 210 g/mol. The Morgan fingerprint density at radius 3 is 2.75 bits per heavy atom. The zero-order chi connectivity index (χ0) is 12.0. The standard InChI is InChI=1S/C11H15NO4/c1-2-12-11(15)16-6-5-8-3-4-9(13)10(14)7-8/h3-4,7,13-14H,2,5-6H2,1H3,(H,12,15). The molecule has 0 spiro atoms. The lowest BCUT2D eigenvalue weighted by Crippen LogP contribution is -2.24. The van der Waals surface area contributed by atoms with Gasteiger partial charge in [-0.2, -0.15) is 0 Å². The number of rotatable bonds is 4. The van der Waals surface area contributed by atoms with Crippen LogP contribution in [0.1, 0.15) is 12.5 Å². The maximum Gasteiger partial charge on any atom is 0.407 e. The highest BCUT2D eigenvalue weighted by Crippen LogP contribution is 2.24. The molecule has 0 atom stereocenters. The Morgan fingerprint density at radius 1 is 1.38 bits per heavy atom. The van der Waals surface area contributed by atoms with Crippen LogP contribution in [0, 0.1) is 0 Å². The second-order valence-corrected chi connectivity index (χ2v) is 3.24. The quantitative estimate of drug-likeness (QED) is 0.676. The molecule has 1 rings (SSSR count). The van der Waals surface area contributed by atoms with Crippen LogP contribution < -0.4 is 5.32 Å². The van der Waals surface area contributed by atoms with Crippen LogP contribution in [0.15, 0.2) is 18.2 Å². The first-order valence-corrected chi connectivity index (χ1v) is 5.05. The van der Waals surface area contributed by atoms with Crippen LogP contribution in [0.4, 0.5) is 4.79 Å². The van der Waals surface area contributed by atoms with Gasteiger partial charge in [0.2, 0.25) is 0 Å². The average Bonchev–Trinajstić information content (AvgIpc) is 2.24. The molecule has 0 saturated carbocycles. The molecule has 5 nitrogen and oxygen atoms in total. The van der Waals surface area contributed by atoms with Gasteiger partial charge in [0.1, 0.15) is 0 Å². The van der Waals surface area contributed by atoms with E-state index in [4.69, 9.17) is 9.84 Å². The van der Waals surface area contributed by atoms with Crippen molar-refractivity contribution in [2.45, 2.75) is 13.3 Å². The number of nitrogens with one attached hydrogen (secondary N) is 1. The van der Waals surface area contributed by atoms with E-state index in [0.29, 0.717) is 13.0 Å². The molecule has 0 aliphatic heterocycles. The normalized spacial score (nSPS) is 9.81. The minimum Gasteiger partial charge on any atom is -0.504 e. The van der Waals surface area contributed by atoms with Gasteiger partial charge in [0.25, 0.3) is 0 Å². The van der Waals surface area contributed by atoms with Crippen LogP contribution in [0.25, 0.3) is 0 Å². The van der Waals surface area contributed by atoms with E-state index >= 15 is 0 Å². The molecule has 1 amide bonds. The van der Waals surface area contributed by atoms with Crippen molar-refractivity contribution >= 4 is 6.09 Å². The SMILES string of the molecule is CCNC(=O)OCCc1ccc(O)c(O)c1. The molecule has 0 saturated heterocycles. The molecule has 16 heavy (non-hydrogen) atoms. The van der Waals surface area contributed by atoms with Crippen molar-refractivity contribution < 1.29 is 19.7 Å². The maximum atomic E-state index is 10.9. The summed E-state index contributed by atoms with van der Waals surface area (Å²) in [6.07, 6.45) is 0.0378. The molecule has 0 bridgehead atoms. The molecule has 1 aromatic carbocycles. The van der Waals surface area contributed by atoms with Gasteiger partial charge < -0.3 is 20.3 Å². The predicted octanol–water partition coefficient (Wildman–Crippen LogP) is 1.39. The predicted molar refractivity (Wildman–Crippen MR) is 58.5 cm³/mol. The van der Waals surface area contributed by atoms with Crippen LogP contribution in [-0.4, -0.2) is 29.5 Å². The Kier molecular flexibility index (Phi) is 4.44. The fourth-order valence-electron chi connectivity index (χ4n) is 1.18. The van der Waals surface area contributed by atoms with Crippen molar-refractivity contribution in [3.63, 3.8) is 0 Å². The largest absolute Gasteiger partial charge is 0.504 e. The van der Waals surface area contributed by atoms with Crippen molar-refractivity contribution in [3.05, 3.63) is 23.8 Å².